The molecule has 1 saturated heterocycles. The molecule has 24 heavy (non-hydrogen) atoms. The highest BCUT2D eigenvalue weighted by atomic mass is 16.5. The standard InChI is InChI=1S/C20H33NO3/c1-16(2)17-6-7-19(24-4)18(12-17)13-21-10-5-8-20(14-21,15-22)9-11-23-3/h6-7,12,16,22H,5,8-11,13-15H2,1-4H3. The van der Waals surface area contributed by atoms with Crippen LogP contribution in [0.15, 0.2) is 18.2 Å². The normalized spacial score (nSPS) is 22.1. The van der Waals surface area contributed by atoms with Gasteiger partial charge in [-0.05, 0) is 43.4 Å². The Kier molecular flexibility index (Phi) is 7.08. The lowest BCUT2D eigenvalue weighted by Crippen LogP contribution is -2.45. The molecule has 1 atom stereocenters. The van der Waals surface area contributed by atoms with Crippen LogP contribution < -0.4 is 4.74 Å². The van der Waals surface area contributed by atoms with Gasteiger partial charge in [-0.25, -0.2) is 0 Å². The lowest BCUT2D eigenvalue weighted by molar-refractivity contribution is 0.00456. The molecule has 0 spiro atoms. The highest BCUT2D eigenvalue weighted by Gasteiger charge is 2.34. The Morgan fingerprint density at radius 3 is 2.71 bits per heavy atom. The third-order valence-electron chi connectivity index (χ3n) is 5.28. The average Bonchev–Trinajstić information content (AvgIpc) is 2.60. The van der Waals surface area contributed by atoms with Gasteiger partial charge in [-0.1, -0.05) is 26.0 Å². The van der Waals surface area contributed by atoms with Crippen LogP contribution in [0.25, 0.3) is 0 Å². The van der Waals surface area contributed by atoms with Gasteiger partial charge >= 0.3 is 0 Å². The number of aliphatic hydroxyl groups is 1. The summed E-state index contributed by atoms with van der Waals surface area (Å²) in [6.07, 6.45) is 3.11. The van der Waals surface area contributed by atoms with Crippen molar-refractivity contribution in [2.24, 2.45) is 5.41 Å². The third-order valence-corrected chi connectivity index (χ3v) is 5.28. The Labute approximate surface area is 146 Å². The summed E-state index contributed by atoms with van der Waals surface area (Å²) < 4.78 is 10.8. The summed E-state index contributed by atoms with van der Waals surface area (Å²) in [6, 6.07) is 6.51. The van der Waals surface area contributed by atoms with Gasteiger partial charge in [0.05, 0.1) is 13.7 Å². The summed E-state index contributed by atoms with van der Waals surface area (Å²) >= 11 is 0. The molecular weight excluding hydrogens is 302 g/mol. The fourth-order valence-corrected chi connectivity index (χ4v) is 3.70. The predicted octanol–water partition coefficient (Wildman–Crippen LogP) is 3.43. The zero-order chi connectivity index (χ0) is 17.6. The van der Waals surface area contributed by atoms with E-state index in [9.17, 15) is 5.11 Å². The van der Waals surface area contributed by atoms with E-state index in [1.165, 1.54) is 11.1 Å². The quantitative estimate of drug-likeness (QED) is 0.790. The zero-order valence-corrected chi connectivity index (χ0v) is 15.7. The molecule has 4 nitrogen and oxygen atoms in total. The van der Waals surface area contributed by atoms with Crippen LogP contribution in [0.2, 0.25) is 0 Å². The van der Waals surface area contributed by atoms with Gasteiger partial charge in [0.1, 0.15) is 5.75 Å². The molecule has 0 bridgehead atoms. The van der Waals surface area contributed by atoms with Gasteiger partial charge in [0, 0.05) is 37.8 Å². The number of rotatable bonds is 8. The minimum Gasteiger partial charge on any atom is -0.496 e. The molecule has 0 aromatic heterocycles. The summed E-state index contributed by atoms with van der Waals surface area (Å²) in [5, 5.41) is 9.96. The molecule has 4 heteroatoms. The van der Waals surface area contributed by atoms with E-state index in [-0.39, 0.29) is 12.0 Å². The topological polar surface area (TPSA) is 41.9 Å². The van der Waals surface area contributed by atoms with Crippen LogP contribution >= 0.6 is 0 Å². The fraction of sp³-hybridized carbons (Fsp3) is 0.700. The third kappa shape index (κ3) is 4.71. The second-order valence-electron chi connectivity index (χ2n) is 7.44. The molecule has 1 aliphatic heterocycles. The summed E-state index contributed by atoms with van der Waals surface area (Å²) in [6.45, 7) is 8.24. The van der Waals surface area contributed by atoms with E-state index in [0.29, 0.717) is 12.5 Å². The van der Waals surface area contributed by atoms with Crippen molar-refractivity contribution in [3.63, 3.8) is 0 Å². The number of piperidine rings is 1. The Balaban J connectivity index is 2.13. The predicted molar refractivity (Wildman–Crippen MR) is 97.6 cm³/mol. The Bertz CT molecular complexity index is 518. The molecule has 1 N–H and O–H groups in total. The molecule has 1 aliphatic rings. The largest absolute Gasteiger partial charge is 0.496 e. The van der Waals surface area contributed by atoms with Crippen molar-refractivity contribution in [1.82, 2.24) is 4.90 Å². The van der Waals surface area contributed by atoms with Gasteiger partial charge in [0.15, 0.2) is 0 Å². The molecule has 2 rings (SSSR count). The monoisotopic (exact) mass is 335 g/mol. The lowest BCUT2D eigenvalue weighted by atomic mass is 9.78. The van der Waals surface area contributed by atoms with Crippen molar-refractivity contribution in [2.75, 3.05) is 40.5 Å². The molecule has 1 fully saturated rings. The second kappa shape index (κ2) is 8.84. The SMILES string of the molecule is COCCC1(CO)CCCN(Cc2cc(C(C)C)ccc2OC)C1. The van der Waals surface area contributed by atoms with Gasteiger partial charge in [-0.15, -0.1) is 0 Å². The Morgan fingerprint density at radius 1 is 1.29 bits per heavy atom. The molecule has 1 heterocycles. The average molecular weight is 335 g/mol. The molecule has 0 saturated carbocycles. The molecule has 1 aromatic rings. The van der Waals surface area contributed by atoms with Crippen molar-refractivity contribution < 1.29 is 14.6 Å². The lowest BCUT2D eigenvalue weighted by Gasteiger charge is -2.42. The van der Waals surface area contributed by atoms with E-state index in [1.807, 2.05) is 0 Å². The van der Waals surface area contributed by atoms with Gasteiger partial charge in [-0.2, -0.15) is 0 Å². The number of likely N-dealkylation sites (tertiary alicyclic amines) is 1. The maximum atomic E-state index is 9.96. The van der Waals surface area contributed by atoms with Gasteiger partial charge < -0.3 is 14.6 Å². The van der Waals surface area contributed by atoms with Crippen molar-refractivity contribution >= 4 is 0 Å². The zero-order valence-electron chi connectivity index (χ0n) is 15.7. The number of ether oxygens (including phenoxy) is 2. The van der Waals surface area contributed by atoms with E-state index < -0.39 is 0 Å². The highest BCUT2D eigenvalue weighted by molar-refractivity contribution is 5.38. The van der Waals surface area contributed by atoms with Crippen LogP contribution in [0.4, 0.5) is 0 Å². The highest BCUT2D eigenvalue weighted by Crippen LogP contribution is 2.35. The van der Waals surface area contributed by atoms with Crippen LogP contribution in [0.1, 0.15) is 50.2 Å². The molecular formula is C20H33NO3. The second-order valence-corrected chi connectivity index (χ2v) is 7.44. The molecule has 136 valence electrons. The first kappa shape index (κ1) is 19.2. The minimum atomic E-state index is -0.0306. The van der Waals surface area contributed by atoms with Crippen LogP contribution in [0, 0.1) is 5.41 Å². The van der Waals surface area contributed by atoms with Crippen molar-refractivity contribution in [2.45, 2.75) is 45.6 Å². The molecule has 0 radical (unpaired) electrons. The summed E-state index contributed by atoms with van der Waals surface area (Å²) in [5.74, 6) is 1.46. The summed E-state index contributed by atoms with van der Waals surface area (Å²) in [5.41, 5.74) is 2.55. The van der Waals surface area contributed by atoms with Gasteiger partial charge in [0.2, 0.25) is 0 Å². The Morgan fingerprint density at radius 2 is 2.08 bits per heavy atom. The van der Waals surface area contributed by atoms with Crippen LogP contribution in [0.5, 0.6) is 5.75 Å². The maximum absolute atomic E-state index is 9.96. The first-order valence-electron chi connectivity index (χ1n) is 9.02. The molecule has 1 unspecified atom stereocenters. The van der Waals surface area contributed by atoms with E-state index in [1.54, 1.807) is 14.2 Å². The van der Waals surface area contributed by atoms with Gasteiger partial charge in [-0.3, -0.25) is 4.90 Å². The minimum absolute atomic E-state index is 0.0306. The van der Waals surface area contributed by atoms with Gasteiger partial charge in [0.25, 0.3) is 0 Å². The van der Waals surface area contributed by atoms with Crippen LogP contribution in [-0.2, 0) is 11.3 Å². The fourth-order valence-electron chi connectivity index (χ4n) is 3.70. The Hall–Kier alpha value is -1.10. The van der Waals surface area contributed by atoms with Crippen molar-refractivity contribution in [3.8, 4) is 5.75 Å². The molecule has 1 aromatic carbocycles. The first-order valence-corrected chi connectivity index (χ1v) is 9.02. The number of methoxy groups -OCH3 is 2. The van der Waals surface area contributed by atoms with Crippen LogP contribution in [-0.4, -0.2) is 50.5 Å². The van der Waals surface area contributed by atoms with E-state index in [4.69, 9.17) is 9.47 Å². The smallest absolute Gasteiger partial charge is 0.123 e. The van der Waals surface area contributed by atoms with E-state index in [2.05, 4.69) is 36.9 Å². The molecule has 0 amide bonds. The number of aliphatic hydroxyl groups excluding tert-OH is 1. The van der Waals surface area contributed by atoms with Crippen molar-refractivity contribution in [1.29, 1.82) is 0 Å². The number of hydrogen-bond donors (Lipinski definition) is 1. The number of nitrogens with zero attached hydrogens (tertiary/aromatic N) is 1. The van der Waals surface area contributed by atoms with Crippen LogP contribution in [0.3, 0.4) is 0 Å². The summed E-state index contributed by atoms with van der Waals surface area (Å²) in [4.78, 5) is 2.46. The first-order chi connectivity index (χ1) is 11.5. The number of benzene rings is 1. The van der Waals surface area contributed by atoms with E-state index in [0.717, 1.165) is 44.6 Å². The summed E-state index contributed by atoms with van der Waals surface area (Å²) in [7, 11) is 3.47. The van der Waals surface area contributed by atoms with E-state index >= 15 is 0 Å². The molecule has 0 aliphatic carbocycles. The maximum Gasteiger partial charge on any atom is 0.123 e. The van der Waals surface area contributed by atoms with Crippen molar-refractivity contribution in [3.05, 3.63) is 29.3 Å². The number of hydrogen-bond acceptors (Lipinski definition) is 4.